The number of hydrogen-bond acceptors (Lipinski definition) is 3. The normalized spacial score (nSPS) is 13.2. The molecule has 0 saturated carbocycles. The van der Waals surface area contributed by atoms with E-state index in [2.05, 4.69) is 172 Å². The molecule has 10 rings (SSSR count). The zero-order valence-electron chi connectivity index (χ0n) is 27.8. The van der Waals surface area contributed by atoms with E-state index in [1.165, 1.54) is 47.8 Å². The Bertz CT molecular complexity index is 2770. The molecule has 9 aromatic rings. The molecule has 236 valence electrons. The molecule has 0 fully saturated rings. The van der Waals surface area contributed by atoms with Crippen molar-refractivity contribution in [2.24, 2.45) is 0 Å². The Morgan fingerprint density at radius 1 is 0.460 bits per heavy atom. The summed E-state index contributed by atoms with van der Waals surface area (Å²) in [7, 11) is 0. The standard InChI is InChI=1S/C47H32N2S/c1-47(2)38-17-9-6-14-34(38)35-25-24-32(26-39(35)47)42-28-33(27-41(48-42)30-12-4-3-5-13-30)29-20-22-31(23-21-29)45-44-37-16-8-11-19-43(37)50-46(44)36-15-7-10-18-40(36)49-45/h3-28H,1-2H3. The molecule has 0 saturated heterocycles. The molecule has 0 radical (unpaired) electrons. The largest absolute Gasteiger partial charge is 0.248 e. The number of hydrogen-bond donors (Lipinski definition) is 0. The van der Waals surface area contributed by atoms with Gasteiger partial charge in [0.2, 0.25) is 0 Å². The van der Waals surface area contributed by atoms with Crippen LogP contribution in [0.25, 0.3) is 87.1 Å². The van der Waals surface area contributed by atoms with Gasteiger partial charge in [-0.3, -0.25) is 0 Å². The van der Waals surface area contributed by atoms with Gasteiger partial charge in [0.25, 0.3) is 0 Å². The highest BCUT2D eigenvalue weighted by Crippen LogP contribution is 2.50. The van der Waals surface area contributed by atoms with Crippen LogP contribution in [0.5, 0.6) is 0 Å². The van der Waals surface area contributed by atoms with Crippen molar-refractivity contribution >= 4 is 42.4 Å². The summed E-state index contributed by atoms with van der Waals surface area (Å²) < 4.78 is 2.58. The molecule has 1 aliphatic rings. The zero-order valence-corrected chi connectivity index (χ0v) is 28.6. The van der Waals surface area contributed by atoms with Gasteiger partial charge >= 0.3 is 0 Å². The van der Waals surface area contributed by atoms with E-state index in [-0.39, 0.29) is 5.41 Å². The third-order valence-electron chi connectivity index (χ3n) is 10.5. The topological polar surface area (TPSA) is 25.8 Å². The van der Waals surface area contributed by atoms with Gasteiger partial charge in [-0.2, -0.15) is 0 Å². The molecule has 0 N–H and O–H groups in total. The lowest BCUT2D eigenvalue weighted by Gasteiger charge is -2.22. The molecule has 0 amide bonds. The van der Waals surface area contributed by atoms with E-state index in [9.17, 15) is 0 Å². The summed E-state index contributed by atoms with van der Waals surface area (Å²) in [6.45, 7) is 4.67. The molecular weight excluding hydrogens is 625 g/mol. The summed E-state index contributed by atoms with van der Waals surface area (Å²) in [5.41, 5.74) is 14.9. The second-order valence-corrected chi connectivity index (χ2v) is 14.8. The molecule has 3 aromatic heterocycles. The Morgan fingerprint density at radius 2 is 1.10 bits per heavy atom. The molecule has 0 unspecified atom stereocenters. The fourth-order valence-corrected chi connectivity index (χ4v) is 9.14. The van der Waals surface area contributed by atoms with Crippen LogP contribution in [0.3, 0.4) is 0 Å². The predicted molar refractivity (Wildman–Crippen MR) is 212 cm³/mol. The van der Waals surface area contributed by atoms with E-state index < -0.39 is 0 Å². The second-order valence-electron chi connectivity index (χ2n) is 13.8. The summed E-state index contributed by atoms with van der Waals surface area (Å²) in [6, 6.07) is 56.8. The molecule has 0 aliphatic heterocycles. The molecule has 0 atom stereocenters. The van der Waals surface area contributed by atoms with E-state index in [1.54, 1.807) is 0 Å². The van der Waals surface area contributed by atoms with Gasteiger partial charge in [0.05, 0.1) is 22.6 Å². The van der Waals surface area contributed by atoms with E-state index in [0.29, 0.717) is 0 Å². The average Bonchev–Trinajstić information content (AvgIpc) is 3.68. The second kappa shape index (κ2) is 11.1. The van der Waals surface area contributed by atoms with Crippen LogP contribution in [0.2, 0.25) is 0 Å². The highest BCUT2D eigenvalue weighted by molar-refractivity contribution is 7.26. The SMILES string of the molecule is CC1(C)c2ccccc2-c2ccc(-c3cc(-c4ccc(-c5nc6ccccc6c6sc7ccccc7c56)cc4)cc(-c4ccccc4)n3)cc21. The molecule has 50 heavy (non-hydrogen) atoms. The third-order valence-corrected chi connectivity index (χ3v) is 11.7. The van der Waals surface area contributed by atoms with Crippen LogP contribution in [0.15, 0.2) is 158 Å². The Hall–Kier alpha value is -5.90. The number of para-hydroxylation sites is 1. The molecule has 0 spiro atoms. The van der Waals surface area contributed by atoms with Crippen LogP contribution in [-0.2, 0) is 5.41 Å². The molecule has 3 heterocycles. The van der Waals surface area contributed by atoms with Crippen molar-refractivity contribution < 1.29 is 0 Å². The fraction of sp³-hybridized carbons (Fsp3) is 0.0638. The van der Waals surface area contributed by atoms with E-state index in [1.807, 2.05) is 11.3 Å². The number of fused-ring (bicyclic) bond motifs is 8. The zero-order chi connectivity index (χ0) is 33.4. The van der Waals surface area contributed by atoms with E-state index >= 15 is 0 Å². The number of aromatic nitrogens is 2. The van der Waals surface area contributed by atoms with Crippen LogP contribution in [0.1, 0.15) is 25.0 Å². The smallest absolute Gasteiger partial charge is 0.0802 e. The maximum Gasteiger partial charge on any atom is 0.0802 e. The number of pyridine rings is 2. The summed E-state index contributed by atoms with van der Waals surface area (Å²) in [6.07, 6.45) is 0. The first-order valence-electron chi connectivity index (χ1n) is 17.2. The van der Waals surface area contributed by atoms with Crippen LogP contribution in [0.4, 0.5) is 0 Å². The monoisotopic (exact) mass is 656 g/mol. The van der Waals surface area contributed by atoms with Crippen molar-refractivity contribution in [2.75, 3.05) is 0 Å². The van der Waals surface area contributed by atoms with Gasteiger partial charge in [-0.1, -0.05) is 141 Å². The molecule has 2 nitrogen and oxygen atoms in total. The molecular formula is C47H32N2S. The van der Waals surface area contributed by atoms with Gasteiger partial charge in [0, 0.05) is 47.7 Å². The van der Waals surface area contributed by atoms with Gasteiger partial charge < -0.3 is 0 Å². The predicted octanol–water partition coefficient (Wildman–Crippen LogP) is 13.0. The first kappa shape index (κ1) is 29.1. The molecule has 1 aliphatic carbocycles. The van der Waals surface area contributed by atoms with Crippen molar-refractivity contribution in [3.05, 3.63) is 169 Å². The summed E-state index contributed by atoms with van der Waals surface area (Å²) in [5.74, 6) is 0. The Kier molecular flexibility index (Phi) is 6.43. The lowest BCUT2D eigenvalue weighted by Crippen LogP contribution is -2.14. The Balaban J connectivity index is 1.11. The number of nitrogens with zero attached hydrogens (tertiary/aromatic N) is 2. The van der Waals surface area contributed by atoms with Crippen molar-refractivity contribution in [1.82, 2.24) is 9.97 Å². The van der Waals surface area contributed by atoms with Crippen LogP contribution in [-0.4, -0.2) is 9.97 Å². The minimum Gasteiger partial charge on any atom is -0.248 e. The quantitative estimate of drug-likeness (QED) is 0.188. The van der Waals surface area contributed by atoms with E-state index in [4.69, 9.17) is 9.97 Å². The van der Waals surface area contributed by atoms with Gasteiger partial charge in [-0.05, 0) is 63.7 Å². The Morgan fingerprint density at radius 3 is 1.94 bits per heavy atom. The summed E-state index contributed by atoms with van der Waals surface area (Å²) >= 11 is 1.86. The molecule has 3 heteroatoms. The number of rotatable bonds is 4. The number of benzene rings is 6. The van der Waals surface area contributed by atoms with Crippen molar-refractivity contribution in [3.8, 4) is 56.0 Å². The molecule has 0 bridgehead atoms. The first-order valence-corrected chi connectivity index (χ1v) is 18.0. The van der Waals surface area contributed by atoms with Gasteiger partial charge in [0.15, 0.2) is 0 Å². The Labute approximate surface area is 295 Å². The highest BCUT2D eigenvalue weighted by atomic mass is 32.1. The highest BCUT2D eigenvalue weighted by Gasteiger charge is 2.35. The maximum absolute atomic E-state index is 5.26. The molecule has 6 aromatic carbocycles. The third kappa shape index (κ3) is 4.47. The average molecular weight is 657 g/mol. The van der Waals surface area contributed by atoms with E-state index in [0.717, 1.165) is 50.4 Å². The first-order chi connectivity index (χ1) is 24.5. The van der Waals surface area contributed by atoms with Crippen LogP contribution in [0, 0.1) is 0 Å². The lowest BCUT2D eigenvalue weighted by atomic mass is 9.82. The summed E-state index contributed by atoms with van der Waals surface area (Å²) in [5, 5.41) is 3.70. The van der Waals surface area contributed by atoms with Gasteiger partial charge in [-0.15, -0.1) is 11.3 Å². The van der Waals surface area contributed by atoms with Crippen LogP contribution >= 0.6 is 11.3 Å². The summed E-state index contributed by atoms with van der Waals surface area (Å²) in [4.78, 5) is 10.5. The minimum absolute atomic E-state index is 0.0758. The fourth-order valence-electron chi connectivity index (χ4n) is 7.90. The van der Waals surface area contributed by atoms with Crippen molar-refractivity contribution in [2.45, 2.75) is 19.3 Å². The van der Waals surface area contributed by atoms with Gasteiger partial charge in [0.1, 0.15) is 0 Å². The number of thiophene rings is 1. The lowest BCUT2D eigenvalue weighted by molar-refractivity contribution is 0.660. The maximum atomic E-state index is 5.26. The van der Waals surface area contributed by atoms with Crippen molar-refractivity contribution in [1.29, 1.82) is 0 Å². The minimum atomic E-state index is -0.0758. The van der Waals surface area contributed by atoms with Gasteiger partial charge in [-0.25, -0.2) is 9.97 Å². The van der Waals surface area contributed by atoms with Crippen LogP contribution < -0.4 is 0 Å². The van der Waals surface area contributed by atoms with Crippen molar-refractivity contribution in [3.63, 3.8) is 0 Å².